The molecule has 2 N–H and O–H groups in total. The van der Waals surface area contributed by atoms with Crippen LogP contribution in [0, 0.1) is 0 Å². The second-order valence-corrected chi connectivity index (χ2v) is 5.04. The van der Waals surface area contributed by atoms with Gasteiger partial charge in [-0.3, -0.25) is 9.48 Å². The Morgan fingerprint density at radius 1 is 1.59 bits per heavy atom. The van der Waals surface area contributed by atoms with Gasteiger partial charge in [0.05, 0.1) is 17.2 Å². The fourth-order valence-corrected chi connectivity index (χ4v) is 2.00. The molecule has 0 bridgehead atoms. The van der Waals surface area contributed by atoms with E-state index in [-0.39, 0.29) is 5.78 Å². The Labute approximate surface area is 110 Å². The van der Waals surface area contributed by atoms with Crippen molar-refractivity contribution >= 4 is 21.7 Å². The molecule has 6 heteroatoms. The predicted octanol–water partition coefficient (Wildman–Crippen LogP) is 1.13. The lowest BCUT2D eigenvalue weighted by Gasteiger charge is -2.11. The molecule has 0 saturated heterocycles. The largest absolute Gasteiger partial charge is 0.330 e. The summed E-state index contributed by atoms with van der Waals surface area (Å²) in [6, 6.07) is 0. The van der Waals surface area contributed by atoms with E-state index in [9.17, 15) is 4.79 Å². The quantitative estimate of drug-likeness (QED) is 0.767. The van der Waals surface area contributed by atoms with E-state index in [4.69, 9.17) is 5.73 Å². The number of rotatable bonds is 7. The summed E-state index contributed by atoms with van der Waals surface area (Å²) in [4.78, 5) is 14.1. The summed E-state index contributed by atoms with van der Waals surface area (Å²) in [6.45, 7) is 2.10. The summed E-state index contributed by atoms with van der Waals surface area (Å²) >= 11 is 3.37. The zero-order chi connectivity index (χ0) is 12.8. The number of likely N-dealkylation sites (N-methyl/N-ethyl adjacent to an activating group) is 1. The van der Waals surface area contributed by atoms with E-state index in [1.54, 1.807) is 10.9 Å². The molecule has 0 saturated carbocycles. The Bertz CT molecular complexity index is 376. The first kappa shape index (κ1) is 14.3. The van der Waals surface area contributed by atoms with Crippen LogP contribution in [0.3, 0.4) is 0 Å². The van der Waals surface area contributed by atoms with Crippen molar-refractivity contribution in [2.75, 3.05) is 27.2 Å². The molecule has 1 heterocycles. The van der Waals surface area contributed by atoms with Gasteiger partial charge in [-0.1, -0.05) is 0 Å². The van der Waals surface area contributed by atoms with Crippen LogP contribution in [-0.2, 0) is 6.54 Å². The van der Waals surface area contributed by atoms with Gasteiger partial charge in [-0.2, -0.15) is 5.10 Å². The van der Waals surface area contributed by atoms with E-state index < -0.39 is 0 Å². The van der Waals surface area contributed by atoms with Gasteiger partial charge in [0.2, 0.25) is 0 Å². The summed E-state index contributed by atoms with van der Waals surface area (Å²) in [5.41, 5.74) is 6.06. The first-order valence-electron chi connectivity index (χ1n) is 5.65. The van der Waals surface area contributed by atoms with Crippen LogP contribution in [0.25, 0.3) is 0 Å². The Morgan fingerprint density at radius 3 is 2.88 bits per heavy atom. The molecule has 1 aromatic rings. The maximum atomic E-state index is 12.0. The molecule has 1 aromatic heterocycles. The number of Topliss-reactive ketones (excluding diaryl/α,β-unsaturated/α-hetero) is 1. The Hall–Kier alpha value is -0.720. The highest BCUT2D eigenvalue weighted by Gasteiger charge is 2.16. The number of halogens is 1. The molecular weight excluding hydrogens is 284 g/mol. The summed E-state index contributed by atoms with van der Waals surface area (Å²) < 4.78 is 2.52. The highest BCUT2D eigenvalue weighted by atomic mass is 79.9. The zero-order valence-electron chi connectivity index (χ0n) is 10.3. The molecule has 0 amide bonds. The average Bonchev–Trinajstić information content (AvgIpc) is 2.64. The van der Waals surface area contributed by atoms with E-state index in [0.717, 1.165) is 11.0 Å². The van der Waals surface area contributed by atoms with Crippen molar-refractivity contribution in [2.24, 2.45) is 5.73 Å². The SMILES string of the molecule is CN(C)CCn1ncc(Br)c1C(=O)CCCN. The number of ketones is 1. The van der Waals surface area contributed by atoms with Gasteiger partial charge >= 0.3 is 0 Å². The molecular formula is C11H19BrN4O. The smallest absolute Gasteiger partial charge is 0.182 e. The number of carbonyl (C=O) groups excluding carboxylic acids is 1. The van der Waals surface area contributed by atoms with Crippen LogP contribution in [0.15, 0.2) is 10.7 Å². The topological polar surface area (TPSA) is 64.2 Å². The molecule has 96 valence electrons. The van der Waals surface area contributed by atoms with Crippen molar-refractivity contribution in [1.29, 1.82) is 0 Å². The number of nitrogens with two attached hydrogens (primary N) is 1. The Morgan fingerprint density at radius 2 is 2.29 bits per heavy atom. The number of nitrogens with zero attached hydrogens (tertiary/aromatic N) is 3. The fourth-order valence-electron chi connectivity index (χ4n) is 1.48. The van der Waals surface area contributed by atoms with Crippen LogP contribution in [0.4, 0.5) is 0 Å². The van der Waals surface area contributed by atoms with Crippen LogP contribution >= 0.6 is 15.9 Å². The molecule has 0 radical (unpaired) electrons. The number of hydrogen-bond donors (Lipinski definition) is 1. The summed E-state index contributed by atoms with van der Waals surface area (Å²) in [5, 5.41) is 4.21. The molecule has 0 aliphatic carbocycles. The minimum Gasteiger partial charge on any atom is -0.330 e. The highest BCUT2D eigenvalue weighted by Crippen LogP contribution is 2.18. The molecule has 0 aliphatic heterocycles. The normalized spacial score (nSPS) is 11.1. The van der Waals surface area contributed by atoms with E-state index in [1.165, 1.54) is 0 Å². The highest BCUT2D eigenvalue weighted by molar-refractivity contribution is 9.10. The fraction of sp³-hybridized carbons (Fsp3) is 0.636. The van der Waals surface area contributed by atoms with Crippen molar-refractivity contribution in [2.45, 2.75) is 19.4 Å². The molecule has 0 aromatic carbocycles. The summed E-state index contributed by atoms with van der Waals surface area (Å²) in [5.74, 6) is 0.0959. The zero-order valence-corrected chi connectivity index (χ0v) is 11.9. The van der Waals surface area contributed by atoms with Crippen LogP contribution in [-0.4, -0.2) is 47.6 Å². The van der Waals surface area contributed by atoms with Gasteiger partial charge < -0.3 is 10.6 Å². The molecule has 0 aliphatic rings. The van der Waals surface area contributed by atoms with Gasteiger partial charge in [0, 0.05) is 13.0 Å². The Balaban J connectivity index is 2.75. The third kappa shape index (κ3) is 4.22. The molecule has 0 fully saturated rings. The number of aromatic nitrogens is 2. The standard InChI is InChI=1S/C11H19BrN4O/c1-15(2)6-7-16-11(9(12)8-14-16)10(17)4-3-5-13/h8H,3-7,13H2,1-2H3. The van der Waals surface area contributed by atoms with Crippen LogP contribution in [0.2, 0.25) is 0 Å². The van der Waals surface area contributed by atoms with E-state index in [0.29, 0.717) is 31.6 Å². The lowest BCUT2D eigenvalue weighted by Crippen LogP contribution is -2.21. The number of carbonyl (C=O) groups is 1. The van der Waals surface area contributed by atoms with Crippen molar-refractivity contribution < 1.29 is 4.79 Å². The van der Waals surface area contributed by atoms with Gasteiger partial charge in [0.1, 0.15) is 5.69 Å². The lowest BCUT2D eigenvalue weighted by molar-refractivity contribution is 0.0968. The van der Waals surface area contributed by atoms with E-state index >= 15 is 0 Å². The van der Waals surface area contributed by atoms with E-state index in [2.05, 4.69) is 25.9 Å². The minimum atomic E-state index is 0.0959. The predicted molar refractivity (Wildman–Crippen MR) is 71.1 cm³/mol. The molecule has 1 rings (SSSR count). The van der Waals surface area contributed by atoms with Crippen LogP contribution < -0.4 is 5.73 Å². The van der Waals surface area contributed by atoms with Gasteiger partial charge in [0.15, 0.2) is 5.78 Å². The molecule has 5 nitrogen and oxygen atoms in total. The third-order valence-electron chi connectivity index (χ3n) is 2.43. The monoisotopic (exact) mass is 302 g/mol. The summed E-state index contributed by atoms with van der Waals surface area (Å²) in [6.07, 6.45) is 2.86. The second-order valence-electron chi connectivity index (χ2n) is 4.18. The van der Waals surface area contributed by atoms with Gasteiger partial charge in [-0.15, -0.1) is 0 Å². The minimum absolute atomic E-state index is 0.0959. The van der Waals surface area contributed by atoms with Crippen molar-refractivity contribution in [3.05, 3.63) is 16.4 Å². The van der Waals surface area contributed by atoms with E-state index in [1.807, 2.05) is 14.1 Å². The van der Waals surface area contributed by atoms with Crippen LogP contribution in [0.1, 0.15) is 23.3 Å². The van der Waals surface area contributed by atoms with Crippen molar-refractivity contribution in [3.8, 4) is 0 Å². The lowest BCUT2D eigenvalue weighted by atomic mass is 10.1. The second kappa shape index (κ2) is 6.88. The molecule has 17 heavy (non-hydrogen) atoms. The molecule has 0 atom stereocenters. The first-order chi connectivity index (χ1) is 8.06. The van der Waals surface area contributed by atoms with Gasteiger partial charge in [-0.25, -0.2) is 0 Å². The van der Waals surface area contributed by atoms with Gasteiger partial charge in [-0.05, 0) is 43.0 Å². The molecule has 0 unspecified atom stereocenters. The third-order valence-corrected chi connectivity index (χ3v) is 3.01. The first-order valence-corrected chi connectivity index (χ1v) is 6.45. The Kier molecular flexibility index (Phi) is 5.80. The average molecular weight is 303 g/mol. The maximum absolute atomic E-state index is 12.0. The number of hydrogen-bond acceptors (Lipinski definition) is 4. The van der Waals surface area contributed by atoms with Gasteiger partial charge in [0.25, 0.3) is 0 Å². The molecule has 0 spiro atoms. The summed E-state index contributed by atoms with van der Waals surface area (Å²) in [7, 11) is 3.99. The van der Waals surface area contributed by atoms with Crippen molar-refractivity contribution in [3.63, 3.8) is 0 Å². The van der Waals surface area contributed by atoms with Crippen molar-refractivity contribution in [1.82, 2.24) is 14.7 Å². The van der Waals surface area contributed by atoms with Crippen LogP contribution in [0.5, 0.6) is 0 Å². The maximum Gasteiger partial charge on any atom is 0.182 e.